The van der Waals surface area contributed by atoms with Gasteiger partial charge >= 0.3 is 0 Å². The Bertz CT molecular complexity index is 151. The number of amides is 1. The molecule has 0 spiro atoms. The molecule has 0 aliphatic carbocycles. The Kier molecular flexibility index (Phi) is 8.51. The molecule has 0 saturated carbocycles. The van der Waals surface area contributed by atoms with Crippen LogP contribution in [0.5, 0.6) is 0 Å². The summed E-state index contributed by atoms with van der Waals surface area (Å²) >= 11 is 0. The normalized spacial score (nSPS) is 10.6. The highest BCUT2D eigenvalue weighted by Gasteiger charge is 2.00. The summed E-state index contributed by atoms with van der Waals surface area (Å²) in [5, 5.41) is 14.1. The molecule has 0 fully saturated rings. The predicted molar refractivity (Wildman–Crippen MR) is 54.1 cm³/mol. The lowest BCUT2D eigenvalue weighted by Crippen LogP contribution is -2.38. The van der Waals surface area contributed by atoms with Gasteiger partial charge in [0.05, 0.1) is 26.4 Å². The number of carbonyl (C=O) groups is 1. The second kappa shape index (κ2) is 8.93. The number of aliphatic hydroxyl groups excluding tert-OH is 1. The maximum absolute atomic E-state index is 11.1. The van der Waals surface area contributed by atoms with Crippen LogP contribution >= 0.6 is 0 Å². The van der Waals surface area contributed by atoms with Crippen LogP contribution in [0.1, 0.15) is 13.8 Å². The van der Waals surface area contributed by atoms with Gasteiger partial charge in [-0.05, 0) is 0 Å². The van der Waals surface area contributed by atoms with E-state index in [2.05, 4.69) is 10.6 Å². The van der Waals surface area contributed by atoms with Gasteiger partial charge in [-0.25, -0.2) is 0 Å². The number of hydrogen-bond acceptors (Lipinski definition) is 4. The third-order valence-electron chi connectivity index (χ3n) is 1.48. The molecule has 84 valence electrons. The highest BCUT2D eigenvalue weighted by molar-refractivity contribution is 5.77. The minimum Gasteiger partial charge on any atom is -0.394 e. The van der Waals surface area contributed by atoms with Crippen molar-refractivity contribution in [1.82, 2.24) is 10.6 Å². The first-order valence-electron chi connectivity index (χ1n) is 4.85. The molecule has 1 amide bonds. The topological polar surface area (TPSA) is 70.6 Å². The smallest absolute Gasteiger partial charge is 0.234 e. The quantitative estimate of drug-likeness (QED) is 0.449. The highest BCUT2D eigenvalue weighted by atomic mass is 16.5. The summed E-state index contributed by atoms with van der Waals surface area (Å²) in [5.41, 5.74) is 0. The molecule has 0 rings (SSSR count). The van der Waals surface area contributed by atoms with Crippen molar-refractivity contribution in [2.45, 2.75) is 19.9 Å². The number of ether oxygens (including phenoxy) is 1. The van der Waals surface area contributed by atoms with Crippen LogP contribution in [-0.2, 0) is 9.53 Å². The van der Waals surface area contributed by atoms with Gasteiger partial charge < -0.3 is 20.5 Å². The second-order valence-corrected chi connectivity index (χ2v) is 3.22. The van der Waals surface area contributed by atoms with Crippen LogP contribution in [0.25, 0.3) is 0 Å². The first-order valence-corrected chi connectivity index (χ1v) is 4.85. The maximum atomic E-state index is 11.1. The third kappa shape index (κ3) is 9.44. The van der Waals surface area contributed by atoms with E-state index in [1.165, 1.54) is 0 Å². The summed E-state index contributed by atoms with van der Waals surface area (Å²) < 4.78 is 4.97. The molecule has 0 aliphatic heterocycles. The van der Waals surface area contributed by atoms with Crippen LogP contribution in [0.15, 0.2) is 0 Å². The summed E-state index contributed by atoms with van der Waals surface area (Å²) in [6, 6.07) is 0.311. The van der Waals surface area contributed by atoms with Crippen molar-refractivity contribution in [1.29, 1.82) is 0 Å². The van der Waals surface area contributed by atoms with Crippen molar-refractivity contribution in [2.75, 3.05) is 32.9 Å². The molecule has 0 aromatic carbocycles. The van der Waals surface area contributed by atoms with Crippen LogP contribution in [-0.4, -0.2) is 50.0 Å². The lowest BCUT2D eigenvalue weighted by atomic mass is 10.4. The van der Waals surface area contributed by atoms with E-state index >= 15 is 0 Å². The number of hydrogen-bond donors (Lipinski definition) is 3. The van der Waals surface area contributed by atoms with E-state index in [0.717, 1.165) is 0 Å². The van der Waals surface area contributed by atoms with Gasteiger partial charge in [-0.2, -0.15) is 0 Å². The van der Waals surface area contributed by atoms with E-state index in [1.54, 1.807) is 0 Å². The fraction of sp³-hybridized carbons (Fsp3) is 0.889. The zero-order chi connectivity index (χ0) is 10.8. The van der Waals surface area contributed by atoms with Gasteiger partial charge in [-0.3, -0.25) is 4.79 Å². The standard InChI is InChI=1S/C9H20N2O3/c1-8(2)11-7-9(13)10-3-5-14-6-4-12/h8,11-12H,3-7H2,1-2H3,(H,10,13). The average Bonchev–Trinajstić information content (AvgIpc) is 2.14. The van der Waals surface area contributed by atoms with Crippen molar-refractivity contribution < 1.29 is 14.6 Å². The third-order valence-corrected chi connectivity index (χ3v) is 1.48. The molecule has 0 bridgehead atoms. The van der Waals surface area contributed by atoms with Crippen LogP contribution in [0.4, 0.5) is 0 Å². The van der Waals surface area contributed by atoms with Gasteiger partial charge in [-0.15, -0.1) is 0 Å². The van der Waals surface area contributed by atoms with E-state index in [4.69, 9.17) is 9.84 Å². The first kappa shape index (κ1) is 13.4. The van der Waals surface area contributed by atoms with Crippen LogP contribution < -0.4 is 10.6 Å². The second-order valence-electron chi connectivity index (χ2n) is 3.22. The first-order chi connectivity index (χ1) is 6.66. The zero-order valence-corrected chi connectivity index (χ0v) is 8.88. The lowest BCUT2D eigenvalue weighted by molar-refractivity contribution is -0.120. The van der Waals surface area contributed by atoms with Crippen molar-refractivity contribution in [3.63, 3.8) is 0 Å². The van der Waals surface area contributed by atoms with Crippen LogP contribution in [0.3, 0.4) is 0 Å². The Morgan fingerprint density at radius 2 is 2.14 bits per heavy atom. The van der Waals surface area contributed by atoms with E-state index in [-0.39, 0.29) is 12.5 Å². The minimum atomic E-state index is -0.0358. The molecule has 0 aromatic rings. The molecule has 3 N–H and O–H groups in total. The van der Waals surface area contributed by atoms with Crippen molar-refractivity contribution >= 4 is 5.91 Å². The Morgan fingerprint density at radius 3 is 2.71 bits per heavy atom. The predicted octanol–water partition coefficient (Wildman–Crippen LogP) is -0.890. The summed E-state index contributed by atoms with van der Waals surface area (Å²) in [6.45, 7) is 5.56. The summed E-state index contributed by atoms with van der Waals surface area (Å²) in [4.78, 5) is 11.1. The van der Waals surface area contributed by atoms with Crippen molar-refractivity contribution in [2.24, 2.45) is 0 Å². The zero-order valence-electron chi connectivity index (χ0n) is 8.88. The van der Waals surface area contributed by atoms with E-state index in [9.17, 15) is 4.79 Å². The van der Waals surface area contributed by atoms with E-state index in [0.29, 0.717) is 32.3 Å². The molecule has 0 unspecified atom stereocenters. The fourth-order valence-electron chi connectivity index (χ4n) is 0.789. The van der Waals surface area contributed by atoms with Crippen LogP contribution in [0.2, 0.25) is 0 Å². The number of nitrogens with one attached hydrogen (secondary N) is 2. The number of aliphatic hydroxyl groups is 1. The molecular formula is C9H20N2O3. The summed E-state index contributed by atoms with van der Waals surface area (Å²) in [6.07, 6.45) is 0. The number of rotatable bonds is 8. The Hall–Kier alpha value is -0.650. The molecule has 0 aliphatic rings. The Labute approximate surface area is 84.8 Å². The fourth-order valence-corrected chi connectivity index (χ4v) is 0.789. The van der Waals surface area contributed by atoms with Gasteiger partial charge in [-0.1, -0.05) is 13.8 Å². The largest absolute Gasteiger partial charge is 0.394 e. The average molecular weight is 204 g/mol. The monoisotopic (exact) mass is 204 g/mol. The van der Waals surface area contributed by atoms with Crippen LogP contribution in [0, 0.1) is 0 Å². The molecule has 0 radical (unpaired) electrons. The molecule has 0 atom stereocenters. The van der Waals surface area contributed by atoms with Crippen molar-refractivity contribution in [3.8, 4) is 0 Å². The molecule has 0 aromatic heterocycles. The van der Waals surface area contributed by atoms with Gasteiger partial charge in [0.15, 0.2) is 0 Å². The molecule has 5 heteroatoms. The molecule has 0 heterocycles. The molecule has 5 nitrogen and oxygen atoms in total. The van der Waals surface area contributed by atoms with Gasteiger partial charge in [0.25, 0.3) is 0 Å². The minimum absolute atomic E-state index is 0.0167. The van der Waals surface area contributed by atoms with Gasteiger partial charge in [0.1, 0.15) is 0 Å². The SMILES string of the molecule is CC(C)NCC(=O)NCCOCCO. The van der Waals surface area contributed by atoms with Gasteiger partial charge in [0.2, 0.25) is 5.91 Å². The number of carbonyl (C=O) groups excluding carboxylic acids is 1. The van der Waals surface area contributed by atoms with E-state index in [1.807, 2.05) is 13.8 Å². The van der Waals surface area contributed by atoms with E-state index < -0.39 is 0 Å². The Balaban J connectivity index is 3.18. The summed E-state index contributed by atoms with van der Waals surface area (Å²) in [5.74, 6) is -0.0358. The lowest BCUT2D eigenvalue weighted by Gasteiger charge is -2.08. The maximum Gasteiger partial charge on any atom is 0.234 e. The molecular weight excluding hydrogens is 184 g/mol. The van der Waals surface area contributed by atoms with Gasteiger partial charge in [0, 0.05) is 12.6 Å². The summed E-state index contributed by atoms with van der Waals surface area (Å²) in [7, 11) is 0. The highest BCUT2D eigenvalue weighted by Crippen LogP contribution is 1.75. The molecule has 14 heavy (non-hydrogen) atoms. The Morgan fingerprint density at radius 1 is 1.43 bits per heavy atom. The van der Waals surface area contributed by atoms with Crippen molar-refractivity contribution in [3.05, 3.63) is 0 Å². The molecule has 0 saturated heterocycles.